The summed E-state index contributed by atoms with van der Waals surface area (Å²) >= 11 is 0. The number of carbonyl (C=O) groups is 1. The molecule has 1 N–H and O–H groups in total. The van der Waals surface area contributed by atoms with Gasteiger partial charge in [0, 0.05) is 13.5 Å². The zero-order valence-corrected chi connectivity index (χ0v) is 10.7. The second kappa shape index (κ2) is 5.81. The zero-order chi connectivity index (χ0) is 13.8. The Kier molecular flexibility index (Phi) is 4.66. The number of hydrogen-bond donors (Lipinski definition) is 1. The van der Waals surface area contributed by atoms with E-state index < -0.39 is 21.8 Å². The summed E-state index contributed by atoms with van der Waals surface area (Å²) in [5.74, 6) is -2.02. The molecule has 0 heterocycles. The third-order valence-corrected chi connectivity index (χ3v) is 4.24. The number of para-hydroxylation sites is 1. The van der Waals surface area contributed by atoms with Gasteiger partial charge in [-0.25, -0.2) is 12.8 Å². The minimum Gasteiger partial charge on any atom is -0.481 e. The van der Waals surface area contributed by atoms with Crippen LogP contribution in [0.2, 0.25) is 0 Å². The number of sulfonamides is 1. The van der Waals surface area contributed by atoms with Crippen LogP contribution >= 0.6 is 0 Å². The molecule has 0 saturated heterocycles. The van der Waals surface area contributed by atoms with E-state index in [1.54, 1.807) is 0 Å². The molecule has 0 saturated carbocycles. The van der Waals surface area contributed by atoms with E-state index in [1.807, 2.05) is 0 Å². The van der Waals surface area contributed by atoms with Crippen LogP contribution in [-0.4, -0.2) is 32.3 Å². The van der Waals surface area contributed by atoms with Crippen molar-refractivity contribution in [2.75, 3.05) is 17.1 Å². The fourth-order valence-electron chi connectivity index (χ4n) is 1.40. The first kappa shape index (κ1) is 14.4. The van der Waals surface area contributed by atoms with E-state index in [-0.39, 0.29) is 24.3 Å². The van der Waals surface area contributed by atoms with Gasteiger partial charge in [-0.2, -0.15) is 0 Å². The van der Waals surface area contributed by atoms with E-state index in [1.165, 1.54) is 31.3 Å². The maximum atomic E-state index is 13.4. The van der Waals surface area contributed by atoms with Crippen LogP contribution in [-0.2, 0) is 14.8 Å². The van der Waals surface area contributed by atoms with E-state index >= 15 is 0 Å². The summed E-state index contributed by atoms with van der Waals surface area (Å²) < 4.78 is 37.9. The molecule has 0 aliphatic carbocycles. The first-order chi connectivity index (χ1) is 8.34. The Morgan fingerprint density at radius 2 is 2.00 bits per heavy atom. The fraction of sp³-hybridized carbons (Fsp3) is 0.364. The number of benzene rings is 1. The molecule has 0 fully saturated rings. The third-order valence-electron chi connectivity index (χ3n) is 2.40. The molecule has 0 unspecified atom stereocenters. The Bertz CT molecular complexity index is 530. The van der Waals surface area contributed by atoms with Crippen molar-refractivity contribution in [1.82, 2.24) is 0 Å². The second-order valence-corrected chi connectivity index (χ2v) is 5.85. The van der Waals surface area contributed by atoms with Gasteiger partial charge in [-0.1, -0.05) is 12.1 Å². The highest BCUT2D eigenvalue weighted by Gasteiger charge is 2.20. The van der Waals surface area contributed by atoms with Gasteiger partial charge in [-0.05, 0) is 18.6 Å². The van der Waals surface area contributed by atoms with Crippen molar-refractivity contribution in [3.05, 3.63) is 30.1 Å². The lowest BCUT2D eigenvalue weighted by atomic mass is 10.3. The van der Waals surface area contributed by atoms with Crippen LogP contribution in [0.4, 0.5) is 10.1 Å². The first-order valence-electron chi connectivity index (χ1n) is 5.27. The molecule has 100 valence electrons. The smallest absolute Gasteiger partial charge is 0.303 e. The average Bonchev–Trinajstić information content (AvgIpc) is 2.28. The molecule has 0 radical (unpaired) electrons. The van der Waals surface area contributed by atoms with Gasteiger partial charge in [-0.3, -0.25) is 9.10 Å². The Labute approximate surface area is 105 Å². The van der Waals surface area contributed by atoms with Crippen molar-refractivity contribution in [2.24, 2.45) is 0 Å². The molecule has 0 aliphatic rings. The maximum absolute atomic E-state index is 13.4. The lowest BCUT2D eigenvalue weighted by Crippen LogP contribution is -2.30. The van der Waals surface area contributed by atoms with Gasteiger partial charge in [0.05, 0.1) is 11.4 Å². The zero-order valence-electron chi connectivity index (χ0n) is 9.84. The molecule has 18 heavy (non-hydrogen) atoms. The number of rotatable bonds is 6. The van der Waals surface area contributed by atoms with Crippen LogP contribution in [0.1, 0.15) is 12.8 Å². The quantitative estimate of drug-likeness (QED) is 0.852. The van der Waals surface area contributed by atoms with Gasteiger partial charge in [-0.15, -0.1) is 0 Å². The number of carboxylic acids is 1. The van der Waals surface area contributed by atoms with Crippen molar-refractivity contribution in [3.63, 3.8) is 0 Å². The van der Waals surface area contributed by atoms with Gasteiger partial charge < -0.3 is 5.11 Å². The maximum Gasteiger partial charge on any atom is 0.303 e. The van der Waals surface area contributed by atoms with Gasteiger partial charge in [0.2, 0.25) is 10.0 Å². The fourth-order valence-corrected chi connectivity index (χ4v) is 2.63. The molecule has 0 amide bonds. The summed E-state index contributed by atoms with van der Waals surface area (Å²) in [5, 5.41) is 8.44. The molecular weight excluding hydrogens is 261 g/mol. The largest absolute Gasteiger partial charge is 0.481 e. The molecule has 7 heteroatoms. The third kappa shape index (κ3) is 3.69. The average molecular weight is 275 g/mol. The summed E-state index contributed by atoms with van der Waals surface area (Å²) in [4.78, 5) is 10.3. The van der Waals surface area contributed by atoms with Gasteiger partial charge in [0.25, 0.3) is 0 Å². The lowest BCUT2D eigenvalue weighted by molar-refractivity contribution is -0.137. The Morgan fingerprint density at radius 1 is 1.39 bits per heavy atom. The van der Waals surface area contributed by atoms with Crippen molar-refractivity contribution >= 4 is 21.7 Å². The summed E-state index contributed by atoms with van der Waals surface area (Å²) in [7, 11) is -2.46. The predicted octanol–water partition coefficient (Wildman–Crippen LogP) is 1.46. The second-order valence-electron chi connectivity index (χ2n) is 3.73. The van der Waals surface area contributed by atoms with Crippen LogP contribution in [0.25, 0.3) is 0 Å². The molecule has 1 aromatic rings. The van der Waals surface area contributed by atoms with Crippen LogP contribution in [0.3, 0.4) is 0 Å². The summed E-state index contributed by atoms with van der Waals surface area (Å²) in [6, 6.07) is 5.51. The minimum atomic E-state index is -3.70. The van der Waals surface area contributed by atoms with Crippen molar-refractivity contribution in [1.29, 1.82) is 0 Å². The lowest BCUT2D eigenvalue weighted by Gasteiger charge is -2.19. The van der Waals surface area contributed by atoms with E-state index in [0.717, 1.165) is 4.31 Å². The molecule has 1 rings (SSSR count). The molecule has 0 atom stereocenters. The standard InChI is InChI=1S/C11H14FNO4S/c1-13(10-6-3-2-5-9(10)12)18(16,17)8-4-7-11(14)15/h2-3,5-6H,4,7-8H2,1H3,(H,14,15). The van der Waals surface area contributed by atoms with Crippen LogP contribution in [0.5, 0.6) is 0 Å². The Balaban J connectivity index is 2.79. The number of hydrogen-bond acceptors (Lipinski definition) is 3. The highest BCUT2D eigenvalue weighted by Crippen LogP contribution is 2.20. The molecule has 5 nitrogen and oxygen atoms in total. The summed E-state index contributed by atoms with van der Waals surface area (Å²) in [6.07, 6.45) is -0.235. The summed E-state index contributed by atoms with van der Waals surface area (Å²) in [6.45, 7) is 0. The minimum absolute atomic E-state index is 0.00351. The highest BCUT2D eigenvalue weighted by molar-refractivity contribution is 7.92. The number of carboxylic acid groups (broad SMARTS) is 1. The Morgan fingerprint density at radius 3 is 2.56 bits per heavy atom. The molecule has 0 aromatic heterocycles. The molecule has 0 spiro atoms. The van der Waals surface area contributed by atoms with Crippen molar-refractivity contribution < 1.29 is 22.7 Å². The number of anilines is 1. The van der Waals surface area contributed by atoms with Crippen molar-refractivity contribution in [2.45, 2.75) is 12.8 Å². The van der Waals surface area contributed by atoms with Crippen LogP contribution in [0, 0.1) is 5.82 Å². The summed E-state index contributed by atoms with van der Waals surface area (Å²) in [5.41, 5.74) is -0.0483. The molecular formula is C11H14FNO4S. The molecule has 1 aromatic carbocycles. The van der Waals surface area contributed by atoms with E-state index in [0.29, 0.717) is 0 Å². The van der Waals surface area contributed by atoms with E-state index in [2.05, 4.69) is 0 Å². The Hall–Kier alpha value is -1.63. The van der Waals surface area contributed by atoms with E-state index in [9.17, 15) is 17.6 Å². The van der Waals surface area contributed by atoms with Crippen LogP contribution < -0.4 is 4.31 Å². The highest BCUT2D eigenvalue weighted by atomic mass is 32.2. The van der Waals surface area contributed by atoms with E-state index in [4.69, 9.17) is 5.11 Å². The van der Waals surface area contributed by atoms with Gasteiger partial charge in [0.15, 0.2) is 0 Å². The molecule has 0 bridgehead atoms. The number of aliphatic carboxylic acids is 1. The monoisotopic (exact) mass is 275 g/mol. The normalized spacial score (nSPS) is 11.2. The number of halogens is 1. The van der Waals surface area contributed by atoms with Gasteiger partial charge in [0.1, 0.15) is 5.82 Å². The van der Waals surface area contributed by atoms with Crippen molar-refractivity contribution in [3.8, 4) is 0 Å². The predicted molar refractivity (Wildman–Crippen MR) is 65.5 cm³/mol. The first-order valence-corrected chi connectivity index (χ1v) is 6.88. The van der Waals surface area contributed by atoms with Gasteiger partial charge >= 0.3 is 5.97 Å². The molecule has 0 aliphatic heterocycles. The number of nitrogens with zero attached hydrogens (tertiary/aromatic N) is 1. The topological polar surface area (TPSA) is 74.7 Å². The SMILES string of the molecule is CN(c1ccccc1F)S(=O)(=O)CCCC(=O)O. The van der Waals surface area contributed by atoms with Crippen LogP contribution in [0.15, 0.2) is 24.3 Å².